The van der Waals surface area contributed by atoms with Crippen molar-refractivity contribution in [2.45, 2.75) is 59.4 Å². The lowest BCUT2D eigenvalue weighted by molar-refractivity contribution is -0.131. The molecule has 0 aromatic carbocycles. The van der Waals surface area contributed by atoms with E-state index in [1.807, 2.05) is 11.8 Å². The van der Waals surface area contributed by atoms with Gasteiger partial charge in [-0.25, -0.2) is 0 Å². The molecule has 1 amide bonds. The summed E-state index contributed by atoms with van der Waals surface area (Å²) in [6.45, 7) is 11.2. The van der Waals surface area contributed by atoms with Crippen molar-refractivity contribution in [1.29, 1.82) is 0 Å². The van der Waals surface area contributed by atoms with Crippen molar-refractivity contribution in [1.82, 2.24) is 10.2 Å². The third-order valence-corrected chi connectivity index (χ3v) is 2.59. The molecule has 0 aromatic rings. The van der Waals surface area contributed by atoms with Gasteiger partial charge in [-0.15, -0.1) is 0 Å². The van der Waals surface area contributed by atoms with Crippen molar-refractivity contribution in [2.24, 2.45) is 0 Å². The predicted octanol–water partition coefficient (Wildman–Crippen LogP) is 2.41. The number of hydrogen-bond acceptors (Lipinski definition) is 2. The van der Waals surface area contributed by atoms with Crippen LogP contribution in [0.4, 0.5) is 0 Å². The minimum Gasteiger partial charge on any atom is -0.343 e. The standard InChI is InChI=1S/C13H28N2O/c1-5-7-10-15(13(16)6-2)11-8-9-14-12(3)4/h12,14H,5-11H2,1-4H3. The Bertz CT molecular complexity index is 181. The molecule has 0 aliphatic carbocycles. The molecule has 0 rings (SSSR count). The number of unbranched alkanes of at least 4 members (excludes halogenated alkanes) is 1. The molecule has 3 heteroatoms. The highest BCUT2D eigenvalue weighted by atomic mass is 16.2. The lowest BCUT2D eigenvalue weighted by Gasteiger charge is -2.22. The fourth-order valence-electron chi connectivity index (χ4n) is 1.59. The van der Waals surface area contributed by atoms with E-state index >= 15 is 0 Å². The molecule has 0 heterocycles. The van der Waals surface area contributed by atoms with E-state index in [1.54, 1.807) is 0 Å². The molecular weight excluding hydrogens is 200 g/mol. The molecular formula is C13H28N2O. The Labute approximate surface area is 101 Å². The van der Waals surface area contributed by atoms with Crippen LogP contribution in [-0.2, 0) is 4.79 Å². The summed E-state index contributed by atoms with van der Waals surface area (Å²) in [5.74, 6) is 0.290. The fraction of sp³-hybridized carbons (Fsp3) is 0.923. The van der Waals surface area contributed by atoms with Crippen molar-refractivity contribution in [3.05, 3.63) is 0 Å². The fourth-order valence-corrected chi connectivity index (χ4v) is 1.59. The first-order chi connectivity index (χ1) is 7.61. The Balaban J connectivity index is 3.78. The maximum Gasteiger partial charge on any atom is 0.222 e. The van der Waals surface area contributed by atoms with Crippen LogP contribution in [0.3, 0.4) is 0 Å². The molecule has 0 spiro atoms. The monoisotopic (exact) mass is 228 g/mol. The lowest BCUT2D eigenvalue weighted by Crippen LogP contribution is -2.34. The smallest absolute Gasteiger partial charge is 0.222 e. The summed E-state index contributed by atoms with van der Waals surface area (Å²) in [7, 11) is 0. The van der Waals surface area contributed by atoms with Gasteiger partial charge >= 0.3 is 0 Å². The van der Waals surface area contributed by atoms with E-state index in [4.69, 9.17) is 0 Å². The van der Waals surface area contributed by atoms with Gasteiger partial charge in [0.25, 0.3) is 0 Å². The highest BCUT2D eigenvalue weighted by Gasteiger charge is 2.09. The average molecular weight is 228 g/mol. The third-order valence-electron chi connectivity index (χ3n) is 2.59. The molecule has 0 bridgehead atoms. The number of amides is 1. The molecule has 0 saturated carbocycles. The van der Waals surface area contributed by atoms with Crippen LogP contribution in [0.25, 0.3) is 0 Å². The summed E-state index contributed by atoms with van der Waals surface area (Å²) in [6.07, 6.45) is 3.94. The maximum atomic E-state index is 11.7. The molecule has 0 aliphatic rings. The van der Waals surface area contributed by atoms with Gasteiger partial charge in [-0.3, -0.25) is 4.79 Å². The highest BCUT2D eigenvalue weighted by molar-refractivity contribution is 5.75. The van der Waals surface area contributed by atoms with Gasteiger partial charge in [0.05, 0.1) is 0 Å². The van der Waals surface area contributed by atoms with Gasteiger partial charge in [0.2, 0.25) is 5.91 Å². The second-order valence-corrected chi connectivity index (χ2v) is 4.55. The molecule has 0 radical (unpaired) electrons. The van der Waals surface area contributed by atoms with Gasteiger partial charge in [-0.2, -0.15) is 0 Å². The van der Waals surface area contributed by atoms with Gasteiger partial charge in [0, 0.05) is 25.6 Å². The maximum absolute atomic E-state index is 11.7. The van der Waals surface area contributed by atoms with Gasteiger partial charge in [0.1, 0.15) is 0 Å². The molecule has 16 heavy (non-hydrogen) atoms. The summed E-state index contributed by atoms with van der Waals surface area (Å²) >= 11 is 0. The first-order valence-electron chi connectivity index (χ1n) is 6.62. The Morgan fingerprint density at radius 3 is 2.31 bits per heavy atom. The van der Waals surface area contributed by atoms with Crippen LogP contribution in [0.2, 0.25) is 0 Å². The van der Waals surface area contributed by atoms with Gasteiger partial charge in [-0.1, -0.05) is 34.1 Å². The van der Waals surface area contributed by atoms with E-state index < -0.39 is 0 Å². The zero-order chi connectivity index (χ0) is 12.4. The van der Waals surface area contributed by atoms with Crippen molar-refractivity contribution < 1.29 is 4.79 Å². The summed E-state index contributed by atoms with van der Waals surface area (Å²) in [6, 6.07) is 0.533. The highest BCUT2D eigenvalue weighted by Crippen LogP contribution is 2.00. The second kappa shape index (κ2) is 9.64. The molecule has 0 atom stereocenters. The molecule has 0 fully saturated rings. The van der Waals surface area contributed by atoms with Crippen LogP contribution in [0.15, 0.2) is 0 Å². The van der Waals surface area contributed by atoms with E-state index in [0.29, 0.717) is 12.5 Å². The number of carbonyl (C=O) groups is 1. The summed E-state index contributed by atoms with van der Waals surface area (Å²) in [4.78, 5) is 13.7. The van der Waals surface area contributed by atoms with Crippen LogP contribution < -0.4 is 5.32 Å². The number of nitrogens with one attached hydrogen (secondary N) is 1. The first kappa shape index (κ1) is 15.4. The number of carbonyl (C=O) groups excluding carboxylic acids is 1. The van der Waals surface area contributed by atoms with Gasteiger partial charge in [-0.05, 0) is 19.4 Å². The minimum atomic E-state index is 0.290. The SMILES string of the molecule is CCCCN(CCCNC(C)C)C(=O)CC. The van der Waals surface area contributed by atoms with Crippen LogP contribution in [-0.4, -0.2) is 36.5 Å². The quantitative estimate of drug-likeness (QED) is 0.615. The summed E-state index contributed by atoms with van der Waals surface area (Å²) < 4.78 is 0. The Hall–Kier alpha value is -0.570. The number of hydrogen-bond donors (Lipinski definition) is 1. The minimum absolute atomic E-state index is 0.290. The number of nitrogens with zero attached hydrogens (tertiary/aromatic N) is 1. The second-order valence-electron chi connectivity index (χ2n) is 4.55. The normalized spacial score (nSPS) is 10.8. The molecule has 1 N–H and O–H groups in total. The zero-order valence-corrected chi connectivity index (χ0v) is 11.4. The molecule has 0 aliphatic heterocycles. The van der Waals surface area contributed by atoms with E-state index in [-0.39, 0.29) is 5.91 Å². The lowest BCUT2D eigenvalue weighted by atomic mass is 10.2. The summed E-state index contributed by atoms with van der Waals surface area (Å²) in [5.41, 5.74) is 0. The largest absolute Gasteiger partial charge is 0.343 e. The van der Waals surface area contributed by atoms with E-state index in [9.17, 15) is 4.79 Å². The summed E-state index contributed by atoms with van der Waals surface area (Å²) in [5, 5.41) is 3.38. The van der Waals surface area contributed by atoms with Crippen molar-refractivity contribution in [3.63, 3.8) is 0 Å². The van der Waals surface area contributed by atoms with Gasteiger partial charge in [0.15, 0.2) is 0 Å². The first-order valence-corrected chi connectivity index (χ1v) is 6.62. The van der Waals surface area contributed by atoms with Gasteiger partial charge < -0.3 is 10.2 Å². The van der Waals surface area contributed by atoms with E-state index in [1.165, 1.54) is 0 Å². The van der Waals surface area contributed by atoms with Crippen LogP contribution in [0.1, 0.15) is 53.4 Å². The molecule has 0 unspecified atom stereocenters. The predicted molar refractivity (Wildman–Crippen MR) is 69.5 cm³/mol. The Kier molecular flexibility index (Phi) is 9.30. The van der Waals surface area contributed by atoms with E-state index in [2.05, 4.69) is 26.1 Å². The van der Waals surface area contributed by atoms with Crippen LogP contribution in [0, 0.1) is 0 Å². The average Bonchev–Trinajstić information content (AvgIpc) is 2.26. The van der Waals surface area contributed by atoms with Crippen molar-refractivity contribution in [3.8, 4) is 0 Å². The molecule has 3 nitrogen and oxygen atoms in total. The van der Waals surface area contributed by atoms with E-state index in [0.717, 1.165) is 38.9 Å². The molecule has 96 valence electrons. The zero-order valence-electron chi connectivity index (χ0n) is 11.4. The molecule has 0 saturated heterocycles. The Morgan fingerprint density at radius 2 is 1.81 bits per heavy atom. The topological polar surface area (TPSA) is 32.3 Å². The third kappa shape index (κ3) is 7.69. The molecule has 0 aromatic heterocycles. The Morgan fingerprint density at radius 1 is 1.19 bits per heavy atom. The van der Waals surface area contributed by atoms with Crippen LogP contribution in [0.5, 0.6) is 0 Å². The van der Waals surface area contributed by atoms with Crippen molar-refractivity contribution >= 4 is 5.91 Å². The van der Waals surface area contributed by atoms with Crippen molar-refractivity contribution in [2.75, 3.05) is 19.6 Å². The number of rotatable bonds is 9. The van der Waals surface area contributed by atoms with Crippen LogP contribution >= 0.6 is 0 Å².